The highest BCUT2D eigenvalue weighted by Crippen LogP contribution is 2.32. The zero-order valence-corrected chi connectivity index (χ0v) is 14.3. The van der Waals surface area contributed by atoms with Crippen LogP contribution in [0.25, 0.3) is 0 Å². The van der Waals surface area contributed by atoms with E-state index in [0.29, 0.717) is 17.0 Å². The molecule has 2 aromatic rings. The van der Waals surface area contributed by atoms with Crippen molar-refractivity contribution in [3.63, 3.8) is 0 Å². The number of hydrogen-bond acceptors (Lipinski definition) is 3. The molecule has 1 aliphatic carbocycles. The van der Waals surface area contributed by atoms with E-state index in [2.05, 4.69) is 10.3 Å². The number of pyridine rings is 1. The Morgan fingerprint density at radius 3 is 2.88 bits per heavy atom. The number of benzene rings is 1. The van der Waals surface area contributed by atoms with E-state index in [0.717, 1.165) is 13.0 Å². The molecule has 0 aliphatic heterocycles. The van der Waals surface area contributed by atoms with Gasteiger partial charge >= 0.3 is 0 Å². The van der Waals surface area contributed by atoms with Crippen molar-refractivity contribution in [2.75, 3.05) is 6.54 Å². The van der Waals surface area contributed by atoms with Crippen LogP contribution in [0.5, 0.6) is 0 Å². The van der Waals surface area contributed by atoms with Gasteiger partial charge in [0.25, 0.3) is 0 Å². The van der Waals surface area contributed by atoms with Gasteiger partial charge in [0, 0.05) is 31.0 Å². The zero-order valence-electron chi connectivity index (χ0n) is 13.6. The predicted octanol–water partition coefficient (Wildman–Crippen LogP) is 4.80. The van der Waals surface area contributed by atoms with E-state index in [-0.39, 0.29) is 18.1 Å². The lowest BCUT2D eigenvalue weighted by Gasteiger charge is -2.20. The molecule has 3 rings (SSSR count). The molecule has 1 atom stereocenters. The van der Waals surface area contributed by atoms with Crippen LogP contribution in [0.1, 0.15) is 55.1 Å². The highest BCUT2D eigenvalue weighted by atomic mass is 35.5. The van der Waals surface area contributed by atoms with Gasteiger partial charge in [0.15, 0.2) is 5.78 Å². The van der Waals surface area contributed by atoms with Crippen LogP contribution in [0, 0.1) is 11.7 Å². The summed E-state index contributed by atoms with van der Waals surface area (Å²) in [5.74, 6) is -0.276. The normalized spacial score (nSPS) is 15.3. The molecule has 0 saturated heterocycles. The smallest absolute Gasteiger partial charge is 0.199 e. The second-order valence-electron chi connectivity index (χ2n) is 6.21. The summed E-state index contributed by atoms with van der Waals surface area (Å²) in [5, 5.41) is 3.53. The van der Waals surface area contributed by atoms with Gasteiger partial charge in [0.2, 0.25) is 0 Å². The summed E-state index contributed by atoms with van der Waals surface area (Å²) in [6.45, 7) is 2.88. The summed E-state index contributed by atoms with van der Waals surface area (Å²) in [6.07, 6.45) is 6.20. The SMILES string of the molecule is CC[C@@H](NCC1CC1)c1ccc(Cl)c(C(=O)c2cccnc2)c1F.[HH]. The van der Waals surface area contributed by atoms with Crippen LogP contribution in [0.2, 0.25) is 5.02 Å². The molecule has 1 fully saturated rings. The average Bonchev–Trinajstić information content (AvgIpc) is 3.42. The van der Waals surface area contributed by atoms with Crippen LogP contribution in [0.4, 0.5) is 4.39 Å². The van der Waals surface area contributed by atoms with E-state index in [1.54, 1.807) is 30.5 Å². The molecular formula is C19H22ClFN2O. The van der Waals surface area contributed by atoms with Crippen molar-refractivity contribution in [3.8, 4) is 0 Å². The van der Waals surface area contributed by atoms with Crippen LogP contribution < -0.4 is 5.32 Å². The predicted molar refractivity (Wildman–Crippen MR) is 95.0 cm³/mol. The molecule has 0 radical (unpaired) electrons. The fraction of sp³-hybridized carbons (Fsp3) is 0.368. The van der Waals surface area contributed by atoms with E-state index >= 15 is 4.39 Å². The number of hydrogen-bond donors (Lipinski definition) is 1. The molecular weight excluding hydrogens is 327 g/mol. The van der Waals surface area contributed by atoms with Gasteiger partial charge in [-0.05, 0) is 49.9 Å². The van der Waals surface area contributed by atoms with Crippen molar-refractivity contribution >= 4 is 17.4 Å². The summed E-state index contributed by atoms with van der Waals surface area (Å²) in [7, 11) is 0. The third kappa shape index (κ3) is 3.65. The maximum atomic E-state index is 15.1. The first-order valence-electron chi connectivity index (χ1n) is 8.27. The van der Waals surface area contributed by atoms with E-state index in [1.807, 2.05) is 6.92 Å². The van der Waals surface area contributed by atoms with Crippen LogP contribution >= 0.6 is 11.6 Å². The minimum absolute atomic E-state index is 0. The lowest BCUT2D eigenvalue weighted by Crippen LogP contribution is -2.24. The monoisotopic (exact) mass is 348 g/mol. The molecule has 1 N–H and O–H groups in total. The Hall–Kier alpha value is -1.78. The highest BCUT2D eigenvalue weighted by molar-refractivity contribution is 6.35. The summed E-state index contributed by atoms with van der Waals surface area (Å²) >= 11 is 6.13. The lowest BCUT2D eigenvalue weighted by molar-refractivity contribution is 0.103. The summed E-state index contributed by atoms with van der Waals surface area (Å²) < 4.78 is 15.1. The van der Waals surface area contributed by atoms with Crippen molar-refractivity contribution in [1.82, 2.24) is 10.3 Å². The van der Waals surface area contributed by atoms with Crippen LogP contribution in [-0.4, -0.2) is 17.3 Å². The van der Waals surface area contributed by atoms with Gasteiger partial charge in [0.05, 0.1) is 10.6 Å². The Labute approximate surface area is 147 Å². The lowest BCUT2D eigenvalue weighted by atomic mass is 9.96. The maximum Gasteiger partial charge on any atom is 0.199 e. The minimum Gasteiger partial charge on any atom is -0.310 e. The summed E-state index contributed by atoms with van der Waals surface area (Å²) in [4.78, 5) is 16.6. The van der Waals surface area contributed by atoms with Crippen molar-refractivity contribution in [2.24, 2.45) is 5.92 Å². The Kier molecular flexibility index (Phi) is 5.27. The molecule has 1 saturated carbocycles. The maximum absolute atomic E-state index is 15.1. The van der Waals surface area contributed by atoms with Crippen LogP contribution in [0.15, 0.2) is 36.7 Å². The molecule has 1 aromatic carbocycles. The largest absolute Gasteiger partial charge is 0.310 e. The number of aromatic nitrogens is 1. The molecule has 0 amide bonds. The highest BCUT2D eigenvalue weighted by Gasteiger charge is 2.26. The number of nitrogens with one attached hydrogen (secondary N) is 1. The van der Waals surface area contributed by atoms with Crippen molar-refractivity contribution < 1.29 is 10.6 Å². The van der Waals surface area contributed by atoms with Gasteiger partial charge in [0.1, 0.15) is 5.82 Å². The van der Waals surface area contributed by atoms with Gasteiger partial charge in [-0.25, -0.2) is 4.39 Å². The minimum atomic E-state index is -0.536. The molecule has 128 valence electrons. The van der Waals surface area contributed by atoms with Gasteiger partial charge in [-0.1, -0.05) is 24.6 Å². The molecule has 0 unspecified atom stereocenters. The van der Waals surface area contributed by atoms with E-state index in [9.17, 15) is 4.79 Å². The molecule has 24 heavy (non-hydrogen) atoms. The van der Waals surface area contributed by atoms with Gasteiger partial charge in [-0.3, -0.25) is 9.78 Å². The Morgan fingerprint density at radius 1 is 1.46 bits per heavy atom. The fourth-order valence-corrected chi connectivity index (χ4v) is 3.02. The number of halogens is 2. The van der Waals surface area contributed by atoms with Gasteiger partial charge in [-0.2, -0.15) is 0 Å². The molecule has 3 nitrogen and oxygen atoms in total. The fourth-order valence-electron chi connectivity index (χ4n) is 2.79. The molecule has 1 aliphatic rings. The summed E-state index contributed by atoms with van der Waals surface area (Å²) in [6, 6.07) is 6.41. The third-order valence-electron chi connectivity index (χ3n) is 4.41. The number of carbonyl (C=O) groups is 1. The Bertz CT molecular complexity index is 738. The van der Waals surface area contributed by atoms with E-state index in [4.69, 9.17) is 11.6 Å². The Balaban J connectivity index is 0.00000225. The molecule has 1 heterocycles. The Morgan fingerprint density at radius 2 is 2.25 bits per heavy atom. The van der Waals surface area contributed by atoms with Crippen LogP contribution in [0.3, 0.4) is 0 Å². The topological polar surface area (TPSA) is 42.0 Å². The molecule has 5 heteroatoms. The average molecular weight is 349 g/mol. The van der Waals surface area contributed by atoms with Gasteiger partial charge in [-0.15, -0.1) is 0 Å². The summed E-state index contributed by atoms with van der Waals surface area (Å²) in [5.41, 5.74) is 0.748. The van der Waals surface area contributed by atoms with Gasteiger partial charge < -0.3 is 5.32 Å². The molecule has 0 spiro atoms. The number of carbonyl (C=O) groups excluding carboxylic acids is 1. The third-order valence-corrected chi connectivity index (χ3v) is 4.72. The number of nitrogens with zero attached hydrogens (tertiary/aromatic N) is 1. The quantitative estimate of drug-likeness (QED) is 0.731. The van der Waals surface area contributed by atoms with E-state index in [1.165, 1.54) is 19.0 Å². The zero-order chi connectivity index (χ0) is 17.1. The number of ketones is 1. The standard InChI is InChI=1S/C19H20ClFN2O.H2/c1-2-16(23-10-12-5-6-12)14-7-8-15(20)17(18(14)21)19(24)13-4-3-9-22-11-13;/h3-4,7-9,11-12,16,23H,2,5-6,10H2,1H3;1H/t16-;/m1./s1. The van der Waals surface area contributed by atoms with Crippen molar-refractivity contribution in [1.29, 1.82) is 0 Å². The van der Waals surface area contributed by atoms with Crippen molar-refractivity contribution in [2.45, 2.75) is 32.2 Å². The van der Waals surface area contributed by atoms with Crippen LogP contribution in [-0.2, 0) is 0 Å². The first-order valence-corrected chi connectivity index (χ1v) is 8.65. The molecule has 1 aromatic heterocycles. The first kappa shape index (κ1) is 17.1. The van der Waals surface area contributed by atoms with Crippen molar-refractivity contribution in [3.05, 3.63) is 64.2 Å². The first-order chi connectivity index (χ1) is 11.6. The molecule has 0 bridgehead atoms. The second-order valence-corrected chi connectivity index (χ2v) is 6.62. The second kappa shape index (κ2) is 7.41. The van der Waals surface area contributed by atoms with E-state index < -0.39 is 11.6 Å². The number of rotatable bonds is 7.